The lowest BCUT2D eigenvalue weighted by Gasteiger charge is -2.34. The normalized spacial score (nSPS) is 26.0. The molecule has 1 rings (SSSR count). The van der Waals surface area contributed by atoms with E-state index in [1.54, 1.807) is 0 Å². The first-order valence-corrected chi connectivity index (χ1v) is 3.56. The summed E-state index contributed by atoms with van der Waals surface area (Å²) in [6, 6.07) is 0. The summed E-state index contributed by atoms with van der Waals surface area (Å²) >= 11 is 0. The van der Waals surface area contributed by atoms with Crippen molar-refractivity contribution >= 4 is 6.34 Å². The summed E-state index contributed by atoms with van der Waals surface area (Å²) in [5, 5.41) is 0. The van der Waals surface area contributed by atoms with Crippen LogP contribution in [0.5, 0.6) is 0 Å². The van der Waals surface area contributed by atoms with E-state index < -0.39 is 0 Å². The van der Waals surface area contributed by atoms with Gasteiger partial charge in [0, 0.05) is 5.54 Å². The number of nitrogens with zero attached hydrogens (tertiary/aromatic N) is 2. The molecule has 0 aliphatic carbocycles. The van der Waals surface area contributed by atoms with Crippen molar-refractivity contribution in [3.05, 3.63) is 0 Å². The first kappa shape index (κ1) is 7.54. The van der Waals surface area contributed by atoms with Gasteiger partial charge in [-0.3, -0.25) is 4.99 Å². The molecule has 0 amide bonds. The molecule has 0 saturated heterocycles. The fraction of sp³-hybridized carbons (Fsp3) is 0.857. The van der Waals surface area contributed by atoms with Crippen LogP contribution in [0.4, 0.5) is 0 Å². The van der Waals surface area contributed by atoms with E-state index in [0.29, 0.717) is 0 Å². The third-order valence-electron chi connectivity index (χ3n) is 1.63. The third-order valence-corrected chi connectivity index (χ3v) is 1.63. The van der Waals surface area contributed by atoms with Gasteiger partial charge in [-0.25, -0.2) is 0 Å². The van der Waals surface area contributed by atoms with E-state index in [4.69, 9.17) is 5.73 Å². The van der Waals surface area contributed by atoms with Crippen LogP contribution in [-0.4, -0.2) is 29.5 Å². The largest absolute Gasteiger partial charge is 0.341 e. The van der Waals surface area contributed by atoms with Gasteiger partial charge < -0.3 is 10.6 Å². The predicted octanol–water partition coefficient (Wildman–Crippen LogP) is 0.414. The number of hydrogen-bond acceptors (Lipinski definition) is 3. The lowest BCUT2D eigenvalue weighted by atomic mass is 10.1. The third kappa shape index (κ3) is 1.29. The predicted molar refractivity (Wildman–Crippen MR) is 42.9 cm³/mol. The number of aliphatic imine (C=N–C) groups is 1. The zero-order valence-electron chi connectivity index (χ0n) is 6.83. The van der Waals surface area contributed by atoms with Crippen LogP contribution in [0.25, 0.3) is 0 Å². The van der Waals surface area contributed by atoms with E-state index in [-0.39, 0.29) is 11.7 Å². The van der Waals surface area contributed by atoms with Gasteiger partial charge in [-0.1, -0.05) is 0 Å². The Balaban J connectivity index is 2.64. The second-order valence-corrected chi connectivity index (χ2v) is 3.63. The Morgan fingerprint density at radius 3 is 2.40 bits per heavy atom. The number of rotatable bonds is 0. The van der Waals surface area contributed by atoms with Crippen molar-refractivity contribution in [2.75, 3.05) is 6.54 Å². The summed E-state index contributed by atoms with van der Waals surface area (Å²) in [5.41, 5.74) is 5.88. The van der Waals surface area contributed by atoms with Gasteiger partial charge >= 0.3 is 0 Å². The molecule has 2 N–H and O–H groups in total. The maximum absolute atomic E-state index is 5.77. The van der Waals surface area contributed by atoms with Gasteiger partial charge in [0.1, 0.15) is 0 Å². The maximum atomic E-state index is 5.77. The smallest absolute Gasteiger partial charge is 0.0983 e. The highest BCUT2D eigenvalue weighted by Gasteiger charge is 2.26. The van der Waals surface area contributed by atoms with Crippen LogP contribution in [0.1, 0.15) is 20.8 Å². The average molecular weight is 141 g/mol. The van der Waals surface area contributed by atoms with Gasteiger partial charge in [0.15, 0.2) is 0 Å². The summed E-state index contributed by atoms with van der Waals surface area (Å²) in [6.45, 7) is 7.12. The zero-order chi connectivity index (χ0) is 7.78. The number of nitrogens with two attached hydrogens (primary N) is 1. The molecule has 1 atom stereocenters. The monoisotopic (exact) mass is 141 g/mol. The molecule has 1 heterocycles. The molecule has 0 spiro atoms. The Bertz CT molecular complexity index is 145. The molecule has 3 heteroatoms. The molecule has 0 aromatic rings. The van der Waals surface area contributed by atoms with Crippen molar-refractivity contribution in [2.24, 2.45) is 10.7 Å². The van der Waals surface area contributed by atoms with Crippen molar-refractivity contribution in [2.45, 2.75) is 32.5 Å². The first-order chi connectivity index (χ1) is 4.52. The lowest BCUT2D eigenvalue weighted by Crippen LogP contribution is -2.49. The van der Waals surface area contributed by atoms with Gasteiger partial charge in [0.2, 0.25) is 0 Å². The van der Waals surface area contributed by atoms with Gasteiger partial charge in [-0.2, -0.15) is 0 Å². The zero-order valence-corrected chi connectivity index (χ0v) is 6.83. The van der Waals surface area contributed by atoms with Gasteiger partial charge in [0.05, 0.1) is 19.0 Å². The molecule has 0 bridgehead atoms. The van der Waals surface area contributed by atoms with Gasteiger partial charge in [-0.15, -0.1) is 0 Å². The van der Waals surface area contributed by atoms with E-state index in [2.05, 4.69) is 30.7 Å². The second kappa shape index (κ2) is 2.23. The van der Waals surface area contributed by atoms with Crippen LogP contribution >= 0.6 is 0 Å². The maximum Gasteiger partial charge on any atom is 0.0983 e. The molecule has 0 aromatic heterocycles. The van der Waals surface area contributed by atoms with Gasteiger partial charge in [-0.05, 0) is 20.8 Å². The van der Waals surface area contributed by atoms with Crippen molar-refractivity contribution in [3.63, 3.8) is 0 Å². The van der Waals surface area contributed by atoms with Crippen molar-refractivity contribution in [3.8, 4) is 0 Å². The van der Waals surface area contributed by atoms with Crippen LogP contribution in [-0.2, 0) is 0 Å². The fourth-order valence-corrected chi connectivity index (χ4v) is 1.09. The van der Waals surface area contributed by atoms with Crippen LogP contribution in [0.3, 0.4) is 0 Å². The minimum Gasteiger partial charge on any atom is -0.341 e. The van der Waals surface area contributed by atoms with Gasteiger partial charge in [0.25, 0.3) is 0 Å². The molecule has 0 aromatic carbocycles. The SMILES string of the molecule is CC(C)(C)N1C=NCC1N. The summed E-state index contributed by atoms with van der Waals surface area (Å²) in [4.78, 5) is 6.16. The van der Waals surface area contributed by atoms with E-state index in [0.717, 1.165) is 6.54 Å². The Hall–Kier alpha value is -0.570. The Morgan fingerprint density at radius 2 is 2.20 bits per heavy atom. The molecule has 58 valence electrons. The first-order valence-electron chi connectivity index (χ1n) is 3.56. The number of hydrogen-bond donors (Lipinski definition) is 1. The van der Waals surface area contributed by atoms with E-state index >= 15 is 0 Å². The van der Waals surface area contributed by atoms with Crippen molar-refractivity contribution in [1.82, 2.24) is 4.90 Å². The highest BCUT2D eigenvalue weighted by atomic mass is 15.3. The van der Waals surface area contributed by atoms with Crippen molar-refractivity contribution in [1.29, 1.82) is 0 Å². The van der Waals surface area contributed by atoms with Crippen LogP contribution < -0.4 is 5.73 Å². The molecule has 0 radical (unpaired) electrons. The van der Waals surface area contributed by atoms with E-state index in [1.807, 2.05) is 6.34 Å². The van der Waals surface area contributed by atoms with Crippen LogP contribution in [0.2, 0.25) is 0 Å². The van der Waals surface area contributed by atoms with Crippen molar-refractivity contribution < 1.29 is 0 Å². The standard InChI is InChI=1S/C7H15N3/c1-7(2,3)10-5-9-4-6(10)8/h5-6H,4,8H2,1-3H3. The summed E-state index contributed by atoms with van der Waals surface area (Å²) in [5.74, 6) is 0. The molecule has 1 unspecified atom stereocenters. The Kier molecular flexibility index (Phi) is 1.68. The minimum atomic E-state index is 0.0833. The molecule has 0 fully saturated rings. The molecular weight excluding hydrogens is 126 g/mol. The topological polar surface area (TPSA) is 41.6 Å². The van der Waals surface area contributed by atoms with E-state index in [9.17, 15) is 0 Å². The highest BCUT2D eigenvalue weighted by molar-refractivity contribution is 5.59. The molecular formula is C7H15N3. The molecule has 3 nitrogen and oxygen atoms in total. The summed E-state index contributed by atoms with van der Waals surface area (Å²) in [7, 11) is 0. The summed E-state index contributed by atoms with van der Waals surface area (Å²) in [6.07, 6.45) is 1.92. The Morgan fingerprint density at radius 1 is 1.60 bits per heavy atom. The second-order valence-electron chi connectivity index (χ2n) is 3.63. The molecule has 1 aliphatic heterocycles. The molecule has 10 heavy (non-hydrogen) atoms. The minimum absolute atomic E-state index is 0.0833. The van der Waals surface area contributed by atoms with Crippen LogP contribution in [0, 0.1) is 0 Å². The highest BCUT2D eigenvalue weighted by Crippen LogP contribution is 2.15. The Labute approximate surface area is 61.9 Å². The fourth-order valence-electron chi connectivity index (χ4n) is 1.09. The van der Waals surface area contributed by atoms with E-state index in [1.165, 1.54) is 0 Å². The quantitative estimate of drug-likeness (QED) is 0.531. The average Bonchev–Trinajstić information content (AvgIpc) is 2.11. The molecule has 1 aliphatic rings. The van der Waals surface area contributed by atoms with Crippen LogP contribution in [0.15, 0.2) is 4.99 Å². The molecule has 0 saturated carbocycles. The summed E-state index contributed by atoms with van der Waals surface area (Å²) < 4.78 is 0. The lowest BCUT2D eigenvalue weighted by molar-refractivity contribution is 0.204.